The van der Waals surface area contributed by atoms with Gasteiger partial charge in [-0.2, -0.15) is 5.10 Å². The van der Waals surface area contributed by atoms with E-state index in [0.717, 1.165) is 11.1 Å². The average molecular weight is 535 g/mol. The number of ether oxygens (including phenoxy) is 1. The lowest BCUT2D eigenvalue weighted by molar-refractivity contribution is -0.136. The van der Waals surface area contributed by atoms with Crippen LogP contribution in [0.25, 0.3) is 0 Å². The Labute approximate surface area is 230 Å². The van der Waals surface area contributed by atoms with Crippen molar-refractivity contribution in [3.05, 3.63) is 125 Å². The topological polar surface area (TPSA) is 126 Å². The quantitative estimate of drug-likeness (QED) is 0.103. The highest BCUT2D eigenvalue weighted by atomic mass is 16.5. The summed E-state index contributed by atoms with van der Waals surface area (Å²) in [5.74, 6) is -2.57. The summed E-state index contributed by atoms with van der Waals surface area (Å²) in [7, 11) is 0. The lowest BCUT2D eigenvalue weighted by atomic mass is 10.1. The monoisotopic (exact) mass is 534 g/mol. The molecule has 0 aromatic heterocycles. The standard InChI is InChI=1S/C31H26N4O5/c1-20-8-7-10-23(18-20)33-28(36)26-12-5-6-13-27(26)34-29(37)30(38)35-32-19-22-14-16-24(17-15-22)40-31(39)25-11-4-3-9-21(25)2/h3-19H,1-2H3,(H,33,36)(H,34,37)(H,35,38). The Morgan fingerprint density at radius 2 is 1.43 bits per heavy atom. The van der Waals surface area contributed by atoms with Crippen molar-refractivity contribution in [2.24, 2.45) is 5.10 Å². The van der Waals surface area contributed by atoms with Gasteiger partial charge < -0.3 is 15.4 Å². The molecule has 4 aromatic rings. The molecule has 9 nitrogen and oxygen atoms in total. The second-order valence-electron chi connectivity index (χ2n) is 8.80. The summed E-state index contributed by atoms with van der Waals surface area (Å²) in [6.07, 6.45) is 1.33. The van der Waals surface area contributed by atoms with E-state index < -0.39 is 23.7 Å². The average Bonchev–Trinajstić information content (AvgIpc) is 2.94. The van der Waals surface area contributed by atoms with Crippen LogP contribution in [0.1, 0.15) is 37.4 Å². The van der Waals surface area contributed by atoms with Crippen molar-refractivity contribution in [2.45, 2.75) is 13.8 Å². The van der Waals surface area contributed by atoms with E-state index in [1.807, 2.05) is 44.2 Å². The third-order valence-corrected chi connectivity index (χ3v) is 5.74. The van der Waals surface area contributed by atoms with Crippen molar-refractivity contribution in [2.75, 3.05) is 10.6 Å². The molecule has 200 valence electrons. The number of nitrogens with one attached hydrogen (secondary N) is 3. The van der Waals surface area contributed by atoms with Gasteiger partial charge in [0.05, 0.1) is 23.0 Å². The van der Waals surface area contributed by atoms with Crippen molar-refractivity contribution in [3.8, 4) is 5.75 Å². The van der Waals surface area contributed by atoms with E-state index in [-0.39, 0.29) is 11.3 Å². The van der Waals surface area contributed by atoms with E-state index in [1.54, 1.807) is 60.7 Å². The van der Waals surface area contributed by atoms with Crippen molar-refractivity contribution in [1.29, 1.82) is 0 Å². The molecule has 4 aromatic carbocycles. The highest BCUT2D eigenvalue weighted by Crippen LogP contribution is 2.18. The van der Waals surface area contributed by atoms with Crippen LogP contribution in [0.3, 0.4) is 0 Å². The zero-order valence-corrected chi connectivity index (χ0v) is 21.8. The summed E-state index contributed by atoms with van der Waals surface area (Å²) in [5.41, 5.74) is 5.98. The van der Waals surface area contributed by atoms with E-state index in [0.29, 0.717) is 22.6 Å². The predicted octanol–water partition coefficient (Wildman–Crippen LogP) is 4.86. The van der Waals surface area contributed by atoms with Gasteiger partial charge in [0, 0.05) is 5.69 Å². The molecule has 3 N–H and O–H groups in total. The lowest BCUT2D eigenvalue weighted by Gasteiger charge is -2.11. The van der Waals surface area contributed by atoms with Gasteiger partial charge in [0.2, 0.25) is 0 Å². The first kappa shape index (κ1) is 27.5. The second kappa shape index (κ2) is 12.8. The molecule has 0 unspecified atom stereocenters. The number of hydrogen-bond donors (Lipinski definition) is 3. The minimum absolute atomic E-state index is 0.174. The number of carbonyl (C=O) groups is 4. The van der Waals surface area contributed by atoms with E-state index in [1.165, 1.54) is 12.3 Å². The molecule has 0 aliphatic rings. The molecule has 9 heteroatoms. The van der Waals surface area contributed by atoms with E-state index in [9.17, 15) is 19.2 Å². The fourth-order valence-corrected chi connectivity index (χ4v) is 3.69. The molecular weight excluding hydrogens is 508 g/mol. The highest BCUT2D eigenvalue weighted by molar-refractivity contribution is 6.40. The first-order chi connectivity index (χ1) is 19.3. The fraction of sp³-hybridized carbons (Fsp3) is 0.0645. The predicted molar refractivity (Wildman–Crippen MR) is 153 cm³/mol. The molecule has 0 atom stereocenters. The summed E-state index contributed by atoms with van der Waals surface area (Å²) in [6.45, 7) is 3.73. The smallest absolute Gasteiger partial charge is 0.343 e. The fourth-order valence-electron chi connectivity index (χ4n) is 3.69. The first-order valence-corrected chi connectivity index (χ1v) is 12.3. The molecule has 0 saturated heterocycles. The normalized spacial score (nSPS) is 10.6. The molecular formula is C31H26N4O5. The Kier molecular flexibility index (Phi) is 8.78. The van der Waals surface area contributed by atoms with Crippen LogP contribution in [-0.2, 0) is 9.59 Å². The molecule has 0 saturated carbocycles. The number of hydrogen-bond acceptors (Lipinski definition) is 6. The minimum atomic E-state index is -1.02. The maximum Gasteiger partial charge on any atom is 0.343 e. The van der Waals surface area contributed by atoms with Gasteiger partial charge >= 0.3 is 17.8 Å². The van der Waals surface area contributed by atoms with Gasteiger partial charge in [0.15, 0.2) is 0 Å². The summed E-state index contributed by atoms with van der Waals surface area (Å²) < 4.78 is 5.40. The number of amides is 3. The van der Waals surface area contributed by atoms with Gasteiger partial charge in [-0.25, -0.2) is 10.2 Å². The molecule has 0 aliphatic heterocycles. The summed E-state index contributed by atoms with van der Waals surface area (Å²) >= 11 is 0. The van der Waals surface area contributed by atoms with Crippen LogP contribution >= 0.6 is 0 Å². The molecule has 0 fully saturated rings. The number of esters is 1. The molecule has 0 aliphatic carbocycles. The highest BCUT2D eigenvalue weighted by Gasteiger charge is 2.18. The second-order valence-corrected chi connectivity index (χ2v) is 8.80. The van der Waals surface area contributed by atoms with Crippen LogP contribution in [0.2, 0.25) is 0 Å². The van der Waals surface area contributed by atoms with Crippen molar-refractivity contribution in [1.82, 2.24) is 5.43 Å². The molecule has 3 amide bonds. The number of benzene rings is 4. The molecule has 0 heterocycles. The number of nitrogens with zero attached hydrogens (tertiary/aromatic N) is 1. The lowest BCUT2D eigenvalue weighted by Crippen LogP contribution is -2.33. The zero-order valence-electron chi connectivity index (χ0n) is 21.8. The minimum Gasteiger partial charge on any atom is -0.423 e. The van der Waals surface area contributed by atoms with Crippen LogP contribution in [0, 0.1) is 13.8 Å². The number of hydrazone groups is 1. The molecule has 4 rings (SSSR count). The number of rotatable bonds is 7. The van der Waals surface area contributed by atoms with Crippen LogP contribution < -0.4 is 20.8 Å². The maximum absolute atomic E-state index is 12.8. The van der Waals surface area contributed by atoms with Crippen LogP contribution in [0.15, 0.2) is 102 Å². The maximum atomic E-state index is 12.8. The number of carbonyl (C=O) groups excluding carboxylic acids is 4. The van der Waals surface area contributed by atoms with Crippen LogP contribution in [0.5, 0.6) is 5.75 Å². The Morgan fingerprint density at radius 3 is 2.15 bits per heavy atom. The van der Waals surface area contributed by atoms with Gasteiger partial charge in [-0.15, -0.1) is 0 Å². The van der Waals surface area contributed by atoms with Crippen LogP contribution in [-0.4, -0.2) is 29.9 Å². The van der Waals surface area contributed by atoms with Gasteiger partial charge in [-0.3, -0.25) is 14.4 Å². The Hall–Kier alpha value is -5.57. The summed E-state index contributed by atoms with van der Waals surface area (Å²) in [6, 6.07) is 27.2. The van der Waals surface area contributed by atoms with Gasteiger partial charge in [0.1, 0.15) is 5.75 Å². The third-order valence-electron chi connectivity index (χ3n) is 5.74. The summed E-state index contributed by atoms with van der Waals surface area (Å²) in [4.78, 5) is 49.9. The van der Waals surface area contributed by atoms with Crippen molar-refractivity contribution >= 4 is 41.3 Å². The Bertz CT molecular complexity index is 1600. The Balaban J connectivity index is 1.31. The zero-order chi connectivity index (χ0) is 28.5. The van der Waals surface area contributed by atoms with Gasteiger partial charge in [-0.1, -0.05) is 42.5 Å². The number of aryl methyl sites for hydroxylation is 2. The Morgan fingerprint density at radius 1 is 0.725 bits per heavy atom. The first-order valence-electron chi connectivity index (χ1n) is 12.3. The van der Waals surface area contributed by atoms with E-state index >= 15 is 0 Å². The largest absolute Gasteiger partial charge is 0.423 e. The number of para-hydroxylation sites is 1. The van der Waals surface area contributed by atoms with Crippen molar-refractivity contribution in [3.63, 3.8) is 0 Å². The SMILES string of the molecule is Cc1cccc(NC(=O)c2ccccc2NC(=O)C(=O)NN=Cc2ccc(OC(=O)c3ccccc3C)cc2)c1. The third kappa shape index (κ3) is 7.26. The molecule has 0 spiro atoms. The van der Waals surface area contributed by atoms with E-state index in [2.05, 4.69) is 21.2 Å². The van der Waals surface area contributed by atoms with E-state index in [4.69, 9.17) is 4.74 Å². The van der Waals surface area contributed by atoms with Crippen molar-refractivity contribution < 1.29 is 23.9 Å². The molecule has 0 bridgehead atoms. The molecule has 0 radical (unpaired) electrons. The van der Waals surface area contributed by atoms with Gasteiger partial charge in [-0.05, 0) is 85.1 Å². The molecule has 40 heavy (non-hydrogen) atoms. The van der Waals surface area contributed by atoms with Gasteiger partial charge in [0.25, 0.3) is 5.91 Å². The summed E-state index contributed by atoms with van der Waals surface area (Å²) in [5, 5.41) is 9.03. The van der Waals surface area contributed by atoms with Crippen LogP contribution in [0.4, 0.5) is 11.4 Å². The number of anilines is 2.